The normalized spacial score (nSPS) is 16.4. The number of carbonyl (C=O) groups excluding carboxylic acids is 2. The number of anilines is 1. The number of hydrogen-bond donors (Lipinski definition) is 0. The van der Waals surface area contributed by atoms with Crippen LogP contribution in [0.4, 0.5) is 5.69 Å². The molecule has 1 fully saturated rings. The van der Waals surface area contributed by atoms with Crippen LogP contribution >= 0.6 is 0 Å². The Bertz CT molecular complexity index is 1230. The maximum absolute atomic E-state index is 13.6. The van der Waals surface area contributed by atoms with Crippen LogP contribution in [0.5, 0.6) is 5.75 Å². The number of hydrogen-bond acceptors (Lipinski definition) is 5. The number of rotatable bonds is 8. The molecule has 170 valence electrons. The summed E-state index contributed by atoms with van der Waals surface area (Å²) in [6.45, 7) is 0.0602. The fourth-order valence-electron chi connectivity index (χ4n) is 3.90. The van der Waals surface area contributed by atoms with Gasteiger partial charge in [-0.05, 0) is 48.4 Å². The lowest BCUT2D eigenvalue weighted by molar-refractivity contribution is -0.122. The minimum absolute atomic E-state index is 0.0368. The van der Waals surface area contributed by atoms with Gasteiger partial charge >= 0.3 is 0 Å². The number of imide groups is 1. The molecule has 1 aliphatic heterocycles. The Morgan fingerprint density at radius 2 is 1.52 bits per heavy atom. The first-order chi connectivity index (χ1) is 15.9. The number of amides is 2. The van der Waals surface area contributed by atoms with Crippen molar-refractivity contribution in [3.05, 3.63) is 90.5 Å². The lowest BCUT2D eigenvalue weighted by Gasteiger charge is -2.27. The van der Waals surface area contributed by atoms with Gasteiger partial charge in [-0.15, -0.1) is 0 Å². The van der Waals surface area contributed by atoms with E-state index < -0.39 is 27.9 Å². The average molecular weight is 465 g/mol. The zero-order valence-corrected chi connectivity index (χ0v) is 18.9. The van der Waals surface area contributed by atoms with E-state index in [1.807, 2.05) is 30.3 Å². The topological polar surface area (TPSA) is 84.0 Å². The summed E-state index contributed by atoms with van der Waals surface area (Å²) in [4.78, 5) is 27.2. The summed E-state index contributed by atoms with van der Waals surface area (Å²) in [6.07, 6.45) is 0.192. The summed E-state index contributed by atoms with van der Waals surface area (Å²) in [6, 6.07) is 22.9. The van der Waals surface area contributed by atoms with Gasteiger partial charge in [0, 0.05) is 6.54 Å². The van der Waals surface area contributed by atoms with Gasteiger partial charge in [-0.2, -0.15) is 4.31 Å². The van der Waals surface area contributed by atoms with E-state index in [2.05, 4.69) is 0 Å². The van der Waals surface area contributed by atoms with Gasteiger partial charge in [0.1, 0.15) is 11.8 Å². The molecule has 4 rings (SSSR count). The standard InChI is InChI=1S/C25H24N2O5S/c1-32-21-12-14-22(15-13-21)33(30,31)26(17-16-19-8-4-2-5-9-19)23-18-24(28)27(25(23)29)20-10-6-3-7-11-20/h2-15,23H,16-18H2,1H3. The van der Waals surface area contributed by atoms with E-state index in [0.29, 0.717) is 17.9 Å². The fourth-order valence-corrected chi connectivity index (χ4v) is 5.48. The molecule has 0 radical (unpaired) electrons. The summed E-state index contributed by atoms with van der Waals surface area (Å²) in [5.41, 5.74) is 1.36. The first-order valence-electron chi connectivity index (χ1n) is 10.5. The highest BCUT2D eigenvalue weighted by Crippen LogP contribution is 2.30. The van der Waals surface area contributed by atoms with Crippen LogP contribution in [-0.4, -0.2) is 44.2 Å². The van der Waals surface area contributed by atoms with Crippen LogP contribution in [0.3, 0.4) is 0 Å². The summed E-state index contributed by atoms with van der Waals surface area (Å²) < 4.78 is 33.6. The second-order valence-corrected chi connectivity index (χ2v) is 9.54. The number of carbonyl (C=O) groups is 2. The average Bonchev–Trinajstić information content (AvgIpc) is 3.13. The van der Waals surface area contributed by atoms with Gasteiger partial charge in [0.2, 0.25) is 15.9 Å². The largest absolute Gasteiger partial charge is 0.497 e. The minimum Gasteiger partial charge on any atom is -0.497 e. The molecule has 0 N–H and O–H groups in total. The number of methoxy groups -OCH3 is 1. The molecular formula is C25H24N2O5S. The van der Waals surface area contributed by atoms with Crippen molar-refractivity contribution in [2.24, 2.45) is 0 Å². The molecule has 3 aromatic rings. The molecule has 0 bridgehead atoms. The maximum Gasteiger partial charge on any atom is 0.252 e. The third-order valence-corrected chi connectivity index (χ3v) is 7.54. The van der Waals surface area contributed by atoms with Crippen LogP contribution in [0.1, 0.15) is 12.0 Å². The first kappa shape index (κ1) is 22.7. The van der Waals surface area contributed by atoms with Crippen molar-refractivity contribution in [1.82, 2.24) is 4.31 Å². The highest BCUT2D eigenvalue weighted by Gasteiger charge is 2.46. The molecule has 3 aromatic carbocycles. The SMILES string of the molecule is COc1ccc(S(=O)(=O)N(CCc2ccccc2)C2CC(=O)N(c3ccccc3)C2=O)cc1. The predicted molar refractivity (Wildman–Crippen MR) is 124 cm³/mol. The van der Waals surface area contributed by atoms with Crippen molar-refractivity contribution >= 4 is 27.5 Å². The van der Waals surface area contributed by atoms with Gasteiger partial charge in [-0.1, -0.05) is 48.5 Å². The predicted octanol–water partition coefficient (Wildman–Crippen LogP) is 3.26. The summed E-state index contributed by atoms with van der Waals surface area (Å²) in [5, 5.41) is 0. The van der Waals surface area contributed by atoms with Crippen molar-refractivity contribution in [1.29, 1.82) is 0 Å². The molecule has 1 aliphatic rings. The molecule has 1 heterocycles. The van der Waals surface area contributed by atoms with Crippen molar-refractivity contribution < 1.29 is 22.7 Å². The molecule has 2 amide bonds. The molecule has 1 unspecified atom stereocenters. The summed E-state index contributed by atoms with van der Waals surface area (Å²) in [7, 11) is -2.57. The second-order valence-electron chi connectivity index (χ2n) is 7.65. The van der Waals surface area contributed by atoms with Gasteiger partial charge < -0.3 is 4.74 Å². The Hall–Kier alpha value is -3.49. The van der Waals surface area contributed by atoms with Gasteiger partial charge in [0.05, 0.1) is 24.1 Å². The summed E-state index contributed by atoms with van der Waals surface area (Å²) >= 11 is 0. The van der Waals surface area contributed by atoms with Crippen molar-refractivity contribution in [3.8, 4) is 5.75 Å². The molecular weight excluding hydrogens is 440 g/mol. The molecule has 0 spiro atoms. The zero-order valence-electron chi connectivity index (χ0n) is 18.1. The van der Waals surface area contributed by atoms with Crippen LogP contribution in [0.2, 0.25) is 0 Å². The molecule has 8 heteroatoms. The smallest absolute Gasteiger partial charge is 0.252 e. The van der Waals surface area contributed by atoms with Crippen molar-refractivity contribution in [2.75, 3.05) is 18.6 Å². The number of para-hydroxylation sites is 1. The number of sulfonamides is 1. The van der Waals surface area contributed by atoms with E-state index in [1.54, 1.807) is 42.5 Å². The van der Waals surface area contributed by atoms with E-state index in [0.717, 1.165) is 14.8 Å². The minimum atomic E-state index is -4.06. The molecule has 0 saturated carbocycles. The van der Waals surface area contributed by atoms with Gasteiger partial charge in [-0.3, -0.25) is 9.59 Å². The third-order valence-electron chi connectivity index (χ3n) is 5.61. The quantitative estimate of drug-likeness (QED) is 0.478. The summed E-state index contributed by atoms with van der Waals surface area (Å²) in [5.74, 6) is -0.450. The molecule has 0 aromatic heterocycles. The number of ether oxygens (including phenoxy) is 1. The Morgan fingerprint density at radius 3 is 2.12 bits per heavy atom. The lowest BCUT2D eigenvalue weighted by Crippen LogP contribution is -2.46. The first-order valence-corrected chi connectivity index (χ1v) is 12.0. The molecule has 1 saturated heterocycles. The highest BCUT2D eigenvalue weighted by atomic mass is 32.2. The molecule has 7 nitrogen and oxygen atoms in total. The molecule has 33 heavy (non-hydrogen) atoms. The monoisotopic (exact) mass is 464 g/mol. The van der Waals surface area contributed by atoms with E-state index >= 15 is 0 Å². The zero-order chi connectivity index (χ0) is 23.4. The van der Waals surface area contributed by atoms with Crippen LogP contribution in [-0.2, 0) is 26.0 Å². The van der Waals surface area contributed by atoms with Crippen molar-refractivity contribution in [2.45, 2.75) is 23.8 Å². The van der Waals surface area contributed by atoms with Gasteiger partial charge in [-0.25, -0.2) is 13.3 Å². The number of nitrogens with zero attached hydrogens (tertiary/aromatic N) is 2. The molecule has 1 atom stereocenters. The van der Waals surface area contributed by atoms with E-state index in [-0.39, 0.29) is 17.9 Å². The molecule has 0 aliphatic carbocycles. The van der Waals surface area contributed by atoms with E-state index in [1.165, 1.54) is 19.2 Å². The number of benzene rings is 3. The van der Waals surface area contributed by atoms with Crippen LogP contribution in [0.15, 0.2) is 89.8 Å². The van der Waals surface area contributed by atoms with Crippen molar-refractivity contribution in [3.63, 3.8) is 0 Å². The Morgan fingerprint density at radius 1 is 0.909 bits per heavy atom. The van der Waals surface area contributed by atoms with E-state index in [9.17, 15) is 18.0 Å². The third kappa shape index (κ3) is 4.67. The second kappa shape index (κ2) is 9.56. The fraction of sp³-hybridized carbons (Fsp3) is 0.200. The highest BCUT2D eigenvalue weighted by molar-refractivity contribution is 7.89. The van der Waals surface area contributed by atoms with Crippen LogP contribution in [0, 0.1) is 0 Å². The van der Waals surface area contributed by atoms with Gasteiger partial charge in [0.15, 0.2) is 0 Å². The Kier molecular flexibility index (Phi) is 6.57. The lowest BCUT2D eigenvalue weighted by atomic mass is 10.1. The van der Waals surface area contributed by atoms with E-state index in [4.69, 9.17) is 4.74 Å². The Balaban J connectivity index is 1.69. The van der Waals surface area contributed by atoms with Gasteiger partial charge in [0.25, 0.3) is 5.91 Å². The van der Waals surface area contributed by atoms with Crippen LogP contribution < -0.4 is 9.64 Å². The maximum atomic E-state index is 13.6. The van der Waals surface area contributed by atoms with Crippen LogP contribution in [0.25, 0.3) is 0 Å². The Labute approximate surface area is 193 Å².